The molecule has 0 radical (unpaired) electrons. The maximum Gasteiger partial charge on any atom is 0.416 e. The number of allylic oxidation sites excluding steroid dienone is 2. The molecule has 2 aliphatic heterocycles. The monoisotopic (exact) mass is 487 g/mol. The number of alkyl halides is 3. The van der Waals surface area contributed by atoms with Gasteiger partial charge in [-0.25, -0.2) is 9.78 Å². The molecule has 178 valence electrons. The van der Waals surface area contributed by atoms with Crippen LogP contribution in [-0.2, 0) is 19.3 Å². The Kier molecular flexibility index (Phi) is 5.71. The van der Waals surface area contributed by atoms with Crippen LogP contribution in [0, 0.1) is 0 Å². The molecule has 0 saturated carbocycles. The number of pyridine rings is 1. The minimum absolute atomic E-state index is 0.102. The molecule has 1 unspecified atom stereocenters. The van der Waals surface area contributed by atoms with Crippen molar-refractivity contribution in [1.82, 2.24) is 24.1 Å². The normalized spacial score (nSPS) is 19.3. The number of hydrogen-bond donors (Lipinski definition) is 0. The van der Waals surface area contributed by atoms with Crippen molar-refractivity contribution in [2.75, 3.05) is 13.1 Å². The van der Waals surface area contributed by atoms with Crippen molar-refractivity contribution in [3.63, 3.8) is 0 Å². The van der Waals surface area contributed by atoms with Crippen molar-refractivity contribution in [3.8, 4) is 0 Å². The zero-order chi connectivity index (χ0) is 24.0. The lowest BCUT2D eigenvalue weighted by Gasteiger charge is -2.34. The fourth-order valence-corrected chi connectivity index (χ4v) is 5.62. The summed E-state index contributed by atoms with van der Waals surface area (Å²) in [4.78, 5) is 24.5. The molecule has 0 bridgehead atoms. The van der Waals surface area contributed by atoms with Crippen LogP contribution in [0.4, 0.5) is 18.0 Å². The highest BCUT2D eigenvalue weighted by atomic mass is 32.2. The average molecular weight is 488 g/mol. The average Bonchev–Trinajstić information content (AvgIpc) is 3.48. The van der Waals surface area contributed by atoms with E-state index in [9.17, 15) is 18.0 Å². The largest absolute Gasteiger partial charge is 0.416 e. The zero-order valence-corrected chi connectivity index (χ0v) is 19.6. The van der Waals surface area contributed by atoms with Crippen LogP contribution in [0.1, 0.15) is 30.5 Å². The summed E-state index contributed by atoms with van der Waals surface area (Å²) in [6, 6.07) is 8.94. The van der Waals surface area contributed by atoms with Crippen LogP contribution in [0.5, 0.6) is 0 Å². The second-order valence-electron chi connectivity index (χ2n) is 8.54. The second-order valence-corrected chi connectivity index (χ2v) is 9.81. The molecule has 4 heterocycles. The van der Waals surface area contributed by atoms with Gasteiger partial charge in [0.1, 0.15) is 5.65 Å². The maximum atomic E-state index is 13.3. The SMILES string of the molecule is CC1=C(C)N(Cc2ccc3nccn3c2)C(N2CCN(Cc3ccc(C(F)(F)F)cc3)C2=O)S1. The van der Waals surface area contributed by atoms with E-state index in [1.165, 1.54) is 17.0 Å². The fraction of sp³-hybridized carbons (Fsp3) is 0.333. The van der Waals surface area contributed by atoms with Gasteiger partial charge < -0.3 is 14.2 Å². The van der Waals surface area contributed by atoms with Gasteiger partial charge in [0.25, 0.3) is 0 Å². The lowest BCUT2D eigenvalue weighted by Crippen LogP contribution is -2.45. The highest BCUT2D eigenvalue weighted by molar-refractivity contribution is 8.03. The van der Waals surface area contributed by atoms with E-state index in [1.807, 2.05) is 33.8 Å². The summed E-state index contributed by atoms with van der Waals surface area (Å²) in [5.41, 5.74) is 2.96. The number of benzene rings is 1. The molecule has 34 heavy (non-hydrogen) atoms. The van der Waals surface area contributed by atoms with E-state index < -0.39 is 11.7 Å². The number of nitrogens with zero attached hydrogens (tertiary/aromatic N) is 5. The third-order valence-electron chi connectivity index (χ3n) is 6.34. The number of thioether (sulfide) groups is 1. The Morgan fingerprint density at radius 3 is 2.50 bits per heavy atom. The highest BCUT2D eigenvalue weighted by Crippen LogP contribution is 2.41. The summed E-state index contributed by atoms with van der Waals surface area (Å²) in [6.07, 6.45) is 1.35. The number of imidazole rings is 1. The van der Waals surface area contributed by atoms with Crippen molar-refractivity contribution in [2.24, 2.45) is 0 Å². The van der Waals surface area contributed by atoms with Crippen molar-refractivity contribution in [2.45, 2.75) is 38.6 Å². The number of aromatic nitrogens is 2. The lowest BCUT2D eigenvalue weighted by molar-refractivity contribution is -0.137. The van der Waals surface area contributed by atoms with Crippen LogP contribution in [0.2, 0.25) is 0 Å². The first-order valence-electron chi connectivity index (χ1n) is 10.9. The van der Waals surface area contributed by atoms with Gasteiger partial charge in [-0.1, -0.05) is 30.0 Å². The standard InChI is InChI=1S/C24H24F3N5OS/c1-16-17(2)34-23(32(16)15-19-5-8-21-28-9-10-29(21)14-19)31-12-11-30(22(31)33)13-18-3-6-20(7-4-18)24(25,26)27/h3-10,14,23H,11-13,15H2,1-2H3. The van der Waals surface area contributed by atoms with E-state index in [4.69, 9.17) is 0 Å². The van der Waals surface area contributed by atoms with Crippen molar-refractivity contribution in [1.29, 1.82) is 0 Å². The first-order chi connectivity index (χ1) is 16.2. The lowest BCUT2D eigenvalue weighted by atomic mass is 10.1. The molecule has 1 atom stereocenters. The molecule has 0 spiro atoms. The number of amides is 2. The summed E-state index contributed by atoms with van der Waals surface area (Å²) in [7, 11) is 0. The number of fused-ring (bicyclic) bond motifs is 1. The Bertz CT molecular complexity index is 1250. The Morgan fingerprint density at radius 2 is 1.76 bits per heavy atom. The Labute approximate surface area is 199 Å². The molecule has 1 aromatic carbocycles. The topological polar surface area (TPSA) is 44.1 Å². The number of urea groups is 1. The summed E-state index contributed by atoms with van der Waals surface area (Å²) in [5.74, 6) is 0. The molecule has 6 nitrogen and oxygen atoms in total. The van der Waals surface area contributed by atoms with Gasteiger partial charge >= 0.3 is 12.2 Å². The molecule has 1 saturated heterocycles. The van der Waals surface area contributed by atoms with Crippen molar-refractivity contribution in [3.05, 3.63) is 82.3 Å². The van der Waals surface area contributed by atoms with Gasteiger partial charge in [0.15, 0.2) is 5.50 Å². The number of halogens is 3. The fourth-order valence-electron chi connectivity index (χ4n) is 4.33. The van der Waals surface area contributed by atoms with Crippen molar-refractivity contribution < 1.29 is 18.0 Å². The molecule has 3 aromatic rings. The summed E-state index contributed by atoms with van der Waals surface area (Å²) < 4.78 is 40.5. The summed E-state index contributed by atoms with van der Waals surface area (Å²) >= 11 is 1.66. The van der Waals surface area contributed by atoms with Gasteiger partial charge in [-0.3, -0.25) is 4.90 Å². The van der Waals surface area contributed by atoms with E-state index in [2.05, 4.69) is 23.7 Å². The Hall–Kier alpha value is -3.14. The first-order valence-corrected chi connectivity index (χ1v) is 11.8. The van der Waals surface area contributed by atoms with Crippen LogP contribution in [0.15, 0.2) is 65.6 Å². The molecule has 2 aliphatic rings. The van der Waals surface area contributed by atoms with Gasteiger partial charge in [-0.2, -0.15) is 13.2 Å². The third kappa shape index (κ3) is 4.22. The molecular formula is C24H24F3N5OS. The van der Waals surface area contributed by atoms with Crippen LogP contribution in [-0.4, -0.2) is 48.7 Å². The Morgan fingerprint density at radius 1 is 1.03 bits per heavy atom. The maximum absolute atomic E-state index is 13.3. The van der Waals surface area contributed by atoms with Gasteiger partial charge in [0.05, 0.1) is 5.56 Å². The molecule has 1 fully saturated rings. The van der Waals surface area contributed by atoms with Gasteiger partial charge in [-0.05, 0) is 43.2 Å². The minimum Gasteiger partial charge on any atom is -0.341 e. The molecule has 10 heteroatoms. The van der Waals surface area contributed by atoms with E-state index in [0.29, 0.717) is 25.2 Å². The van der Waals surface area contributed by atoms with E-state index >= 15 is 0 Å². The molecule has 0 N–H and O–H groups in total. The first kappa shape index (κ1) is 22.6. The Balaban J connectivity index is 1.30. The number of carbonyl (C=O) groups is 1. The number of carbonyl (C=O) groups excluding carboxylic acids is 1. The van der Waals surface area contributed by atoms with Crippen LogP contribution in [0.25, 0.3) is 5.65 Å². The smallest absolute Gasteiger partial charge is 0.341 e. The van der Waals surface area contributed by atoms with Crippen molar-refractivity contribution >= 4 is 23.4 Å². The quantitative estimate of drug-likeness (QED) is 0.485. The van der Waals surface area contributed by atoms with Crippen LogP contribution in [0.3, 0.4) is 0 Å². The molecule has 5 rings (SSSR count). The van der Waals surface area contributed by atoms with E-state index in [1.54, 1.807) is 22.9 Å². The second kappa shape index (κ2) is 8.57. The van der Waals surface area contributed by atoms with Gasteiger partial charge in [0.2, 0.25) is 0 Å². The third-order valence-corrected chi connectivity index (χ3v) is 7.71. The molecule has 2 aromatic heterocycles. The minimum atomic E-state index is -4.37. The van der Waals surface area contributed by atoms with Gasteiger partial charge in [0, 0.05) is 55.4 Å². The van der Waals surface area contributed by atoms with Crippen LogP contribution < -0.4 is 0 Å². The molecule has 2 amide bonds. The predicted molar refractivity (Wildman–Crippen MR) is 124 cm³/mol. The summed E-state index contributed by atoms with van der Waals surface area (Å²) in [5, 5.41) is 0. The molecular weight excluding hydrogens is 463 g/mol. The van der Waals surface area contributed by atoms with E-state index in [-0.39, 0.29) is 18.1 Å². The van der Waals surface area contributed by atoms with Crippen LogP contribution >= 0.6 is 11.8 Å². The zero-order valence-electron chi connectivity index (χ0n) is 18.8. The van der Waals surface area contributed by atoms with E-state index in [0.717, 1.165) is 29.0 Å². The predicted octanol–water partition coefficient (Wildman–Crippen LogP) is 5.37. The number of hydrogen-bond acceptors (Lipinski definition) is 4. The number of rotatable bonds is 5. The highest BCUT2D eigenvalue weighted by Gasteiger charge is 2.40. The van der Waals surface area contributed by atoms with Gasteiger partial charge in [-0.15, -0.1) is 0 Å². The molecule has 0 aliphatic carbocycles. The summed E-state index contributed by atoms with van der Waals surface area (Å²) in [6.45, 7) is 6.16.